The van der Waals surface area contributed by atoms with Gasteiger partial charge in [0, 0.05) is 32.8 Å². The van der Waals surface area contributed by atoms with Crippen molar-refractivity contribution in [3.8, 4) is 0 Å². The molecular formula is C11H22N2O3. The zero-order valence-electron chi connectivity index (χ0n) is 10.2. The second kappa shape index (κ2) is 7.60. The number of carbonyl (C=O) groups is 1. The third-order valence-electron chi connectivity index (χ3n) is 2.58. The Balaban J connectivity index is 2.18. The molecule has 0 saturated carbocycles. The van der Waals surface area contributed by atoms with Crippen molar-refractivity contribution in [2.45, 2.75) is 20.0 Å². The van der Waals surface area contributed by atoms with E-state index in [0.717, 1.165) is 26.2 Å². The van der Waals surface area contributed by atoms with Gasteiger partial charge < -0.3 is 19.7 Å². The largest absolute Gasteiger partial charge is 0.379 e. The summed E-state index contributed by atoms with van der Waals surface area (Å²) in [7, 11) is 0. The molecule has 5 heteroatoms. The number of rotatable bonds is 6. The lowest BCUT2D eigenvalue weighted by atomic mass is 10.3. The van der Waals surface area contributed by atoms with Crippen LogP contribution < -0.4 is 5.32 Å². The predicted octanol–water partition coefficient (Wildman–Crippen LogP) is -0.140. The van der Waals surface area contributed by atoms with Crippen LogP contribution in [0.5, 0.6) is 0 Å². The Kier molecular flexibility index (Phi) is 6.37. The van der Waals surface area contributed by atoms with E-state index in [0.29, 0.717) is 19.8 Å². The molecule has 1 N–H and O–H groups in total. The fourth-order valence-corrected chi connectivity index (χ4v) is 1.64. The molecule has 0 aromatic carbocycles. The number of amides is 1. The van der Waals surface area contributed by atoms with Crippen LogP contribution in [0.1, 0.15) is 13.8 Å². The molecule has 94 valence electrons. The van der Waals surface area contributed by atoms with Gasteiger partial charge in [-0.25, -0.2) is 0 Å². The fourth-order valence-electron chi connectivity index (χ4n) is 1.64. The van der Waals surface area contributed by atoms with Crippen molar-refractivity contribution >= 4 is 5.91 Å². The highest BCUT2D eigenvalue weighted by Crippen LogP contribution is 2.01. The van der Waals surface area contributed by atoms with E-state index in [1.54, 1.807) is 6.92 Å². The minimum atomic E-state index is -0.362. The first-order chi connectivity index (χ1) is 7.75. The van der Waals surface area contributed by atoms with Gasteiger partial charge in [-0.1, -0.05) is 0 Å². The number of hydrogen-bond donors (Lipinski definition) is 1. The van der Waals surface area contributed by atoms with Crippen LogP contribution in [0.2, 0.25) is 0 Å². The van der Waals surface area contributed by atoms with Crippen LogP contribution >= 0.6 is 0 Å². The number of hydrogen-bond acceptors (Lipinski definition) is 4. The molecule has 0 aromatic heterocycles. The van der Waals surface area contributed by atoms with Crippen LogP contribution in [0.3, 0.4) is 0 Å². The highest BCUT2D eigenvalue weighted by Gasteiger charge is 2.22. The van der Waals surface area contributed by atoms with Gasteiger partial charge in [-0.15, -0.1) is 0 Å². The lowest BCUT2D eigenvalue weighted by molar-refractivity contribution is -0.144. The maximum atomic E-state index is 11.9. The van der Waals surface area contributed by atoms with E-state index in [9.17, 15) is 4.79 Å². The van der Waals surface area contributed by atoms with Gasteiger partial charge in [0.05, 0.1) is 13.2 Å². The Morgan fingerprint density at radius 3 is 2.69 bits per heavy atom. The zero-order chi connectivity index (χ0) is 11.8. The van der Waals surface area contributed by atoms with Crippen molar-refractivity contribution in [2.24, 2.45) is 0 Å². The number of nitrogens with zero attached hydrogens (tertiary/aromatic N) is 1. The van der Waals surface area contributed by atoms with Crippen LogP contribution in [0.4, 0.5) is 0 Å². The number of nitrogens with one attached hydrogen (secondary N) is 1. The molecular weight excluding hydrogens is 208 g/mol. The van der Waals surface area contributed by atoms with E-state index >= 15 is 0 Å². The standard InChI is InChI=1S/C11H22N2O3/c1-3-15-8-9-16-10(2)11(14)13-6-4-12-5-7-13/h10,12H,3-9H2,1-2H3. The van der Waals surface area contributed by atoms with Gasteiger partial charge in [-0.05, 0) is 13.8 Å². The molecule has 0 spiro atoms. The van der Waals surface area contributed by atoms with Gasteiger partial charge in [-0.3, -0.25) is 4.79 Å². The number of carbonyl (C=O) groups excluding carboxylic acids is 1. The van der Waals surface area contributed by atoms with E-state index in [1.165, 1.54) is 0 Å². The number of ether oxygens (including phenoxy) is 2. The summed E-state index contributed by atoms with van der Waals surface area (Å²) in [4.78, 5) is 13.7. The molecule has 0 bridgehead atoms. The zero-order valence-corrected chi connectivity index (χ0v) is 10.2. The SMILES string of the molecule is CCOCCOC(C)C(=O)N1CCNCC1. The smallest absolute Gasteiger partial charge is 0.251 e. The van der Waals surface area contributed by atoms with Crippen molar-refractivity contribution in [1.82, 2.24) is 10.2 Å². The Morgan fingerprint density at radius 2 is 2.06 bits per heavy atom. The minimum Gasteiger partial charge on any atom is -0.379 e. The van der Waals surface area contributed by atoms with Gasteiger partial charge in [0.25, 0.3) is 5.91 Å². The van der Waals surface area contributed by atoms with Crippen molar-refractivity contribution < 1.29 is 14.3 Å². The minimum absolute atomic E-state index is 0.0815. The van der Waals surface area contributed by atoms with E-state index in [1.807, 2.05) is 11.8 Å². The predicted molar refractivity (Wildman–Crippen MR) is 61.4 cm³/mol. The van der Waals surface area contributed by atoms with Crippen molar-refractivity contribution in [1.29, 1.82) is 0 Å². The third kappa shape index (κ3) is 4.47. The second-order valence-electron chi connectivity index (χ2n) is 3.79. The number of piperazine rings is 1. The summed E-state index contributed by atoms with van der Waals surface area (Å²) in [5, 5.41) is 3.21. The second-order valence-corrected chi connectivity index (χ2v) is 3.79. The lowest BCUT2D eigenvalue weighted by Crippen LogP contribution is -2.49. The Bertz CT molecular complexity index is 205. The third-order valence-corrected chi connectivity index (χ3v) is 2.58. The van der Waals surface area contributed by atoms with Crippen LogP contribution in [0, 0.1) is 0 Å². The molecule has 1 unspecified atom stereocenters. The molecule has 5 nitrogen and oxygen atoms in total. The molecule has 1 heterocycles. The van der Waals surface area contributed by atoms with E-state index in [4.69, 9.17) is 9.47 Å². The summed E-state index contributed by atoms with van der Waals surface area (Å²) in [6.45, 7) is 8.75. The van der Waals surface area contributed by atoms with Gasteiger partial charge in [0.15, 0.2) is 0 Å². The Labute approximate surface area is 97.1 Å². The molecule has 0 radical (unpaired) electrons. The first-order valence-electron chi connectivity index (χ1n) is 5.94. The van der Waals surface area contributed by atoms with Crippen LogP contribution in [-0.2, 0) is 14.3 Å². The van der Waals surface area contributed by atoms with E-state index in [-0.39, 0.29) is 12.0 Å². The summed E-state index contributed by atoms with van der Waals surface area (Å²) in [5.41, 5.74) is 0. The highest BCUT2D eigenvalue weighted by atomic mass is 16.5. The summed E-state index contributed by atoms with van der Waals surface area (Å²) >= 11 is 0. The maximum Gasteiger partial charge on any atom is 0.251 e. The van der Waals surface area contributed by atoms with Gasteiger partial charge in [0.2, 0.25) is 0 Å². The fraction of sp³-hybridized carbons (Fsp3) is 0.909. The first kappa shape index (κ1) is 13.4. The van der Waals surface area contributed by atoms with Gasteiger partial charge in [0.1, 0.15) is 6.10 Å². The molecule has 1 saturated heterocycles. The van der Waals surface area contributed by atoms with Crippen molar-refractivity contribution in [3.05, 3.63) is 0 Å². The first-order valence-corrected chi connectivity index (χ1v) is 5.94. The highest BCUT2D eigenvalue weighted by molar-refractivity contribution is 5.80. The average Bonchev–Trinajstić information content (AvgIpc) is 2.34. The normalized spacial score (nSPS) is 18.5. The molecule has 1 aliphatic rings. The Hall–Kier alpha value is -0.650. The molecule has 1 rings (SSSR count). The van der Waals surface area contributed by atoms with Crippen molar-refractivity contribution in [3.63, 3.8) is 0 Å². The molecule has 16 heavy (non-hydrogen) atoms. The summed E-state index contributed by atoms with van der Waals surface area (Å²) < 4.78 is 10.6. The topological polar surface area (TPSA) is 50.8 Å². The molecule has 1 atom stereocenters. The average molecular weight is 230 g/mol. The molecule has 0 aliphatic carbocycles. The molecule has 1 fully saturated rings. The molecule has 0 aromatic rings. The Morgan fingerprint density at radius 1 is 1.38 bits per heavy atom. The summed E-state index contributed by atoms with van der Waals surface area (Å²) in [5.74, 6) is 0.0815. The molecule has 1 amide bonds. The van der Waals surface area contributed by atoms with Crippen molar-refractivity contribution in [2.75, 3.05) is 46.0 Å². The lowest BCUT2D eigenvalue weighted by Gasteiger charge is -2.29. The van der Waals surface area contributed by atoms with Crippen LogP contribution in [0.15, 0.2) is 0 Å². The maximum absolute atomic E-state index is 11.9. The van der Waals surface area contributed by atoms with Gasteiger partial charge in [-0.2, -0.15) is 0 Å². The quantitative estimate of drug-likeness (QED) is 0.645. The monoisotopic (exact) mass is 230 g/mol. The van der Waals surface area contributed by atoms with E-state index in [2.05, 4.69) is 5.32 Å². The molecule has 1 aliphatic heterocycles. The van der Waals surface area contributed by atoms with Crippen LogP contribution in [0.25, 0.3) is 0 Å². The van der Waals surface area contributed by atoms with Gasteiger partial charge >= 0.3 is 0 Å². The summed E-state index contributed by atoms with van der Waals surface area (Å²) in [6.07, 6.45) is -0.362. The van der Waals surface area contributed by atoms with E-state index < -0.39 is 0 Å². The summed E-state index contributed by atoms with van der Waals surface area (Å²) in [6, 6.07) is 0. The van der Waals surface area contributed by atoms with Crippen LogP contribution in [-0.4, -0.2) is 62.9 Å².